The maximum atomic E-state index is 13.2. The summed E-state index contributed by atoms with van der Waals surface area (Å²) in [5.41, 5.74) is 0.908. The predicted molar refractivity (Wildman–Crippen MR) is 112 cm³/mol. The van der Waals surface area contributed by atoms with Gasteiger partial charge in [0.2, 0.25) is 0 Å². The lowest BCUT2D eigenvalue weighted by Gasteiger charge is -2.42. The van der Waals surface area contributed by atoms with E-state index in [1.54, 1.807) is 30.1 Å². The average molecular weight is 431 g/mol. The van der Waals surface area contributed by atoms with Gasteiger partial charge in [0.1, 0.15) is 18.5 Å². The first kappa shape index (κ1) is 21.4. The van der Waals surface area contributed by atoms with Gasteiger partial charge in [-0.1, -0.05) is 12.8 Å². The van der Waals surface area contributed by atoms with Crippen molar-refractivity contribution in [3.8, 4) is 5.75 Å². The molecule has 3 aliphatic rings. The van der Waals surface area contributed by atoms with Gasteiger partial charge in [-0.25, -0.2) is 4.79 Å². The van der Waals surface area contributed by atoms with Crippen molar-refractivity contribution in [1.82, 2.24) is 10.2 Å². The highest BCUT2D eigenvalue weighted by atomic mass is 16.5. The molecule has 2 aliphatic heterocycles. The fourth-order valence-corrected chi connectivity index (χ4v) is 4.72. The normalized spacial score (nSPS) is 26.2. The Balaban J connectivity index is 1.47. The summed E-state index contributed by atoms with van der Waals surface area (Å²) in [5, 5.41) is 14.8. The fraction of sp³-hybridized carbons (Fsp3) is 0.591. The summed E-state index contributed by atoms with van der Waals surface area (Å²) in [7, 11) is 1.73. The second-order valence-electron chi connectivity index (χ2n) is 8.56. The third kappa shape index (κ3) is 4.92. The molecular weight excluding hydrogens is 402 g/mol. The number of nitrogens with one attached hydrogen (secondary N) is 2. The van der Waals surface area contributed by atoms with E-state index in [0.29, 0.717) is 29.8 Å². The number of carboxylic acids is 1. The number of hydrogen-bond donors (Lipinski definition) is 3. The second-order valence-corrected chi connectivity index (χ2v) is 8.56. The molecule has 3 amide bonds. The van der Waals surface area contributed by atoms with Crippen LogP contribution < -0.4 is 15.4 Å². The third-order valence-electron chi connectivity index (χ3n) is 6.36. The SMILES string of the molecule is CN1C(=O)c2cc(NC(=O)NC3CCCC3)ccc2OC[C@H]2O[C@H](CC(=O)O)CC[C@H]21. The number of carbonyl (C=O) groups excluding carboxylic acids is 2. The molecular formula is C22H29N3O6. The van der Waals surface area contributed by atoms with Gasteiger partial charge >= 0.3 is 12.0 Å². The van der Waals surface area contributed by atoms with E-state index in [2.05, 4.69) is 10.6 Å². The van der Waals surface area contributed by atoms with E-state index in [9.17, 15) is 14.4 Å². The van der Waals surface area contributed by atoms with Gasteiger partial charge in [-0.2, -0.15) is 0 Å². The van der Waals surface area contributed by atoms with Crippen LogP contribution in [0.4, 0.5) is 10.5 Å². The summed E-state index contributed by atoms with van der Waals surface area (Å²) in [4.78, 5) is 38.2. The smallest absolute Gasteiger partial charge is 0.319 e. The molecule has 4 rings (SSSR count). The number of likely N-dealkylation sites (N-methyl/N-ethyl adjacent to an activating group) is 1. The van der Waals surface area contributed by atoms with Crippen LogP contribution in [-0.4, -0.2) is 65.9 Å². The number of amides is 3. The van der Waals surface area contributed by atoms with Gasteiger partial charge in [0.05, 0.1) is 24.1 Å². The molecule has 1 aliphatic carbocycles. The van der Waals surface area contributed by atoms with E-state index in [1.807, 2.05) is 0 Å². The van der Waals surface area contributed by atoms with Crippen LogP contribution in [0.25, 0.3) is 0 Å². The number of nitrogens with zero attached hydrogens (tertiary/aromatic N) is 1. The van der Waals surface area contributed by atoms with Crippen LogP contribution in [0.1, 0.15) is 55.3 Å². The first-order valence-corrected chi connectivity index (χ1v) is 10.9. The quantitative estimate of drug-likeness (QED) is 0.675. The zero-order valence-corrected chi connectivity index (χ0v) is 17.6. The monoisotopic (exact) mass is 431 g/mol. The second kappa shape index (κ2) is 9.13. The molecule has 1 aromatic rings. The summed E-state index contributed by atoms with van der Waals surface area (Å²) < 4.78 is 11.8. The first-order valence-electron chi connectivity index (χ1n) is 10.9. The van der Waals surface area contributed by atoms with E-state index >= 15 is 0 Å². The Morgan fingerprint density at radius 1 is 1.19 bits per heavy atom. The van der Waals surface area contributed by atoms with Crippen molar-refractivity contribution in [2.24, 2.45) is 0 Å². The molecule has 1 aromatic carbocycles. The van der Waals surface area contributed by atoms with Crippen molar-refractivity contribution in [3.05, 3.63) is 23.8 Å². The Morgan fingerprint density at radius 3 is 2.71 bits per heavy atom. The first-order chi connectivity index (χ1) is 14.9. The van der Waals surface area contributed by atoms with Crippen LogP contribution in [0, 0.1) is 0 Å². The number of carboxylic acid groups (broad SMARTS) is 1. The highest BCUT2D eigenvalue weighted by Gasteiger charge is 2.39. The van der Waals surface area contributed by atoms with Crippen LogP contribution in [0.15, 0.2) is 18.2 Å². The van der Waals surface area contributed by atoms with Crippen molar-refractivity contribution >= 4 is 23.6 Å². The molecule has 0 bridgehead atoms. The minimum atomic E-state index is -0.901. The van der Waals surface area contributed by atoms with Crippen LogP contribution in [0.2, 0.25) is 0 Å². The molecule has 2 heterocycles. The maximum absolute atomic E-state index is 13.2. The molecule has 0 unspecified atom stereocenters. The van der Waals surface area contributed by atoms with E-state index < -0.39 is 12.1 Å². The van der Waals surface area contributed by atoms with E-state index in [0.717, 1.165) is 25.7 Å². The zero-order chi connectivity index (χ0) is 22.0. The fourth-order valence-electron chi connectivity index (χ4n) is 4.72. The molecule has 0 aromatic heterocycles. The molecule has 0 radical (unpaired) electrons. The number of hydrogen-bond acceptors (Lipinski definition) is 5. The molecule has 9 heteroatoms. The average Bonchev–Trinajstić information content (AvgIpc) is 3.23. The van der Waals surface area contributed by atoms with Gasteiger partial charge in [-0.15, -0.1) is 0 Å². The summed E-state index contributed by atoms with van der Waals surface area (Å²) >= 11 is 0. The number of rotatable bonds is 4. The lowest BCUT2D eigenvalue weighted by molar-refractivity contribution is -0.148. The van der Waals surface area contributed by atoms with Crippen molar-refractivity contribution in [1.29, 1.82) is 0 Å². The highest BCUT2D eigenvalue weighted by molar-refractivity contribution is 5.99. The molecule has 3 N–H and O–H groups in total. The molecule has 1 saturated carbocycles. The Bertz CT molecular complexity index is 854. The lowest BCUT2D eigenvalue weighted by Crippen LogP contribution is -2.53. The lowest BCUT2D eigenvalue weighted by atomic mass is 9.94. The van der Waals surface area contributed by atoms with Crippen LogP contribution in [-0.2, 0) is 9.53 Å². The maximum Gasteiger partial charge on any atom is 0.319 e. The Labute approximate surface area is 181 Å². The molecule has 2 fully saturated rings. The van der Waals surface area contributed by atoms with Crippen molar-refractivity contribution in [2.75, 3.05) is 19.0 Å². The molecule has 9 nitrogen and oxygen atoms in total. The van der Waals surface area contributed by atoms with Crippen molar-refractivity contribution in [3.63, 3.8) is 0 Å². The number of benzene rings is 1. The van der Waals surface area contributed by atoms with Crippen LogP contribution in [0.5, 0.6) is 5.75 Å². The zero-order valence-electron chi connectivity index (χ0n) is 17.6. The number of ether oxygens (including phenoxy) is 2. The number of anilines is 1. The van der Waals surface area contributed by atoms with E-state index in [4.69, 9.17) is 14.6 Å². The largest absolute Gasteiger partial charge is 0.490 e. The van der Waals surface area contributed by atoms with Crippen molar-refractivity contribution < 1.29 is 29.0 Å². The molecule has 1 saturated heterocycles. The van der Waals surface area contributed by atoms with Gasteiger partial charge in [0, 0.05) is 18.8 Å². The number of carbonyl (C=O) groups is 3. The minimum Gasteiger partial charge on any atom is -0.490 e. The van der Waals surface area contributed by atoms with Gasteiger partial charge < -0.3 is 30.1 Å². The van der Waals surface area contributed by atoms with Crippen LogP contribution in [0.3, 0.4) is 0 Å². The Hall–Kier alpha value is -2.81. The number of urea groups is 1. The topological polar surface area (TPSA) is 117 Å². The molecule has 3 atom stereocenters. The van der Waals surface area contributed by atoms with Crippen LogP contribution >= 0.6 is 0 Å². The summed E-state index contributed by atoms with van der Waals surface area (Å²) in [6.45, 7) is 0.223. The standard InChI is InChI=1S/C22H29N3O6/c1-25-17-8-7-15(11-20(26)27)31-19(17)12-30-18-9-6-14(10-16(18)21(25)28)24-22(29)23-13-4-2-3-5-13/h6,9-10,13,15,17,19H,2-5,7-8,11-12H2,1H3,(H,26,27)(H2,23,24,29)/t15-,17+,19+/m0/s1. The van der Waals surface area contributed by atoms with Crippen molar-refractivity contribution in [2.45, 2.75) is 69.2 Å². The Kier molecular flexibility index (Phi) is 6.31. The molecule has 168 valence electrons. The van der Waals surface area contributed by atoms with Gasteiger partial charge in [-0.05, 0) is 43.9 Å². The minimum absolute atomic E-state index is 0.0601. The van der Waals surface area contributed by atoms with Gasteiger partial charge in [0.15, 0.2) is 0 Å². The number of aliphatic carboxylic acids is 1. The summed E-state index contributed by atoms with van der Waals surface area (Å²) in [6.07, 6.45) is 4.63. The summed E-state index contributed by atoms with van der Waals surface area (Å²) in [5.74, 6) is -0.701. The predicted octanol–water partition coefficient (Wildman–Crippen LogP) is 2.61. The highest BCUT2D eigenvalue weighted by Crippen LogP contribution is 2.32. The van der Waals surface area contributed by atoms with Gasteiger partial charge in [0.25, 0.3) is 5.91 Å². The Morgan fingerprint density at radius 2 is 1.97 bits per heavy atom. The van der Waals surface area contributed by atoms with E-state index in [-0.39, 0.29) is 43.2 Å². The molecule has 0 spiro atoms. The summed E-state index contributed by atoms with van der Waals surface area (Å²) in [6, 6.07) is 4.74. The van der Waals surface area contributed by atoms with E-state index in [1.165, 1.54) is 0 Å². The molecule has 31 heavy (non-hydrogen) atoms. The number of fused-ring (bicyclic) bond motifs is 2. The van der Waals surface area contributed by atoms with Gasteiger partial charge in [-0.3, -0.25) is 9.59 Å². The third-order valence-corrected chi connectivity index (χ3v) is 6.36.